The molecule has 2 rings (SSSR count). The van der Waals surface area contributed by atoms with Crippen molar-refractivity contribution >= 4 is 5.96 Å². The predicted octanol–water partition coefficient (Wildman–Crippen LogP) is 3.99. The zero-order valence-electron chi connectivity index (χ0n) is 16.5. The number of guanidine groups is 1. The van der Waals surface area contributed by atoms with E-state index in [1.54, 1.807) is 0 Å². The molecule has 0 aliphatic carbocycles. The van der Waals surface area contributed by atoms with E-state index in [9.17, 15) is 0 Å². The van der Waals surface area contributed by atoms with Crippen molar-refractivity contribution in [3.63, 3.8) is 0 Å². The lowest BCUT2D eigenvalue weighted by Crippen LogP contribution is -2.37. The summed E-state index contributed by atoms with van der Waals surface area (Å²) in [4.78, 5) is 4.63. The van der Waals surface area contributed by atoms with Gasteiger partial charge in [0.2, 0.25) is 0 Å². The zero-order valence-corrected chi connectivity index (χ0v) is 16.5. The third-order valence-corrected chi connectivity index (χ3v) is 3.68. The summed E-state index contributed by atoms with van der Waals surface area (Å²) in [7, 11) is 0. The second-order valence-corrected chi connectivity index (χ2v) is 7.18. The zero-order chi connectivity index (χ0) is 19.7. The molecule has 5 nitrogen and oxygen atoms in total. The van der Waals surface area contributed by atoms with Crippen LogP contribution in [-0.2, 0) is 13.1 Å². The van der Waals surface area contributed by atoms with Crippen LogP contribution in [0.15, 0.2) is 53.5 Å². The minimum Gasteiger partial charge on any atom is -0.488 e. The number of benzene rings is 2. The van der Waals surface area contributed by atoms with Gasteiger partial charge in [-0.25, -0.2) is 4.99 Å². The van der Waals surface area contributed by atoms with Gasteiger partial charge in [0, 0.05) is 18.7 Å². The quantitative estimate of drug-likeness (QED) is 0.601. The van der Waals surface area contributed by atoms with Gasteiger partial charge in [0.25, 0.3) is 0 Å². The summed E-state index contributed by atoms with van der Waals surface area (Å²) in [5.41, 5.74) is 2.55. The topological polar surface area (TPSA) is 69.4 Å². The molecule has 2 aromatic carbocycles. The Morgan fingerprint density at radius 3 is 2.41 bits per heavy atom. The largest absolute Gasteiger partial charge is 0.488 e. The number of rotatable bonds is 6. The highest BCUT2D eigenvalue weighted by atomic mass is 16.5. The van der Waals surface area contributed by atoms with Crippen molar-refractivity contribution in [1.29, 1.82) is 5.26 Å². The fraction of sp³-hybridized carbons (Fsp3) is 0.364. The van der Waals surface area contributed by atoms with E-state index in [1.165, 1.54) is 0 Å². The van der Waals surface area contributed by atoms with Crippen LogP contribution in [0.25, 0.3) is 0 Å². The number of aliphatic imine (C=N–C) groups is 1. The summed E-state index contributed by atoms with van der Waals surface area (Å²) in [6.45, 7) is 10.1. The van der Waals surface area contributed by atoms with Gasteiger partial charge in [-0.1, -0.05) is 30.3 Å². The van der Waals surface area contributed by atoms with Crippen LogP contribution in [0.5, 0.6) is 5.75 Å². The van der Waals surface area contributed by atoms with E-state index in [0.29, 0.717) is 18.7 Å². The van der Waals surface area contributed by atoms with Gasteiger partial charge in [0.1, 0.15) is 11.4 Å². The summed E-state index contributed by atoms with van der Waals surface area (Å²) >= 11 is 0. The van der Waals surface area contributed by atoms with Crippen LogP contribution >= 0.6 is 0 Å². The van der Waals surface area contributed by atoms with Gasteiger partial charge in [0.05, 0.1) is 18.2 Å². The number of nitrogens with one attached hydrogen (secondary N) is 2. The number of para-hydroxylation sites is 1. The first-order valence-electron chi connectivity index (χ1n) is 9.19. The van der Waals surface area contributed by atoms with E-state index in [1.807, 2.05) is 70.2 Å². The Bertz CT molecular complexity index is 798. The molecule has 142 valence electrons. The highest BCUT2D eigenvalue weighted by Gasteiger charge is 2.14. The Hall–Kier alpha value is -3.00. The molecule has 27 heavy (non-hydrogen) atoms. The summed E-state index contributed by atoms with van der Waals surface area (Å²) in [5, 5.41) is 15.5. The van der Waals surface area contributed by atoms with Gasteiger partial charge in [0.15, 0.2) is 5.96 Å². The Morgan fingerprint density at radius 1 is 1.07 bits per heavy atom. The van der Waals surface area contributed by atoms with Crippen molar-refractivity contribution in [3.8, 4) is 11.8 Å². The Labute approximate surface area is 162 Å². The molecule has 2 N–H and O–H groups in total. The molecule has 0 spiro atoms. The highest BCUT2D eigenvalue weighted by Crippen LogP contribution is 2.22. The highest BCUT2D eigenvalue weighted by molar-refractivity contribution is 5.79. The number of ether oxygens (including phenoxy) is 1. The standard InChI is InChI=1S/C22H28N4O/c1-5-24-21(25-15-18-12-10-17(14-23)11-13-18)26-16-19-8-6-7-9-20(19)27-22(2,3)4/h6-13H,5,15-16H2,1-4H3,(H2,24,25,26). The summed E-state index contributed by atoms with van der Waals surface area (Å²) in [6.07, 6.45) is 0. The van der Waals surface area contributed by atoms with E-state index < -0.39 is 0 Å². The maximum atomic E-state index is 8.88. The first kappa shape index (κ1) is 20.3. The van der Waals surface area contributed by atoms with Crippen LogP contribution in [0.4, 0.5) is 0 Å². The fourth-order valence-electron chi connectivity index (χ4n) is 2.46. The minimum absolute atomic E-state index is 0.246. The van der Waals surface area contributed by atoms with Gasteiger partial charge < -0.3 is 15.4 Å². The average Bonchev–Trinajstić information content (AvgIpc) is 2.64. The normalized spacial score (nSPS) is 11.6. The van der Waals surface area contributed by atoms with Gasteiger partial charge in [-0.2, -0.15) is 5.26 Å². The van der Waals surface area contributed by atoms with Crippen LogP contribution in [0, 0.1) is 11.3 Å². The predicted molar refractivity (Wildman–Crippen MR) is 110 cm³/mol. The molecule has 0 fully saturated rings. The molecule has 0 saturated carbocycles. The summed E-state index contributed by atoms with van der Waals surface area (Å²) < 4.78 is 6.05. The molecular formula is C22H28N4O. The number of nitrogens with zero attached hydrogens (tertiary/aromatic N) is 2. The van der Waals surface area contributed by atoms with E-state index in [4.69, 9.17) is 10.00 Å². The lowest BCUT2D eigenvalue weighted by Gasteiger charge is -2.23. The summed E-state index contributed by atoms with van der Waals surface area (Å²) in [5.74, 6) is 1.62. The molecule has 0 aliphatic rings. The average molecular weight is 364 g/mol. The lowest BCUT2D eigenvalue weighted by molar-refractivity contribution is 0.129. The van der Waals surface area contributed by atoms with Crippen LogP contribution < -0.4 is 15.4 Å². The first-order chi connectivity index (χ1) is 12.9. The molecule has 0 aliphatic heterocycles. The molecule has 0 amide bonds. The maximum absolute atomic E-state index is 8.88. The van der Waals surface area contributed by atoms with Gasteiger partial charge in [-0.15, -0.1) is 0 Å². The molecule has 0 saturated heterocycles. The second-order valence-electron chi connectivity index (χ2n) is 7.18. The third kappa shape index (κ3) is 7.02. The Balaban J connectivity index is 2.05. The van der Waals surface area contributed by atoms with Gasteiger partial charge >= 0.3 is 0 Å². The molecular weight excluding hydrogens is 336 g/mol. The van der Waals surface area contributed by atoms with Gasteiger partial charge in [-0.05, 0) is 51.5 Å². The Morgan fingerprint density at radius 2 is 1.78 bits per heavy atom. The molecule has 0 radical (unpaired) electrons. The lowest BCUT2D eigenvalue weighted by atomic mass is 10.1. The number of hydrogen-bond acceptors (Lipinski definition) is 3. The monoisotopic (exact) mass is 364 g/mol. The second kappa shape index (κ2) is 9.63. The Kier molecular flexibility index (Phi) is 7.25. The molecule has 0 aromatic heterocycles. The minimum atomic E-state index is -0.246. The van der Waals surface area contributed by atoms with Crippen LogP contribution in [-0.4, -0.2) is 18.1 Å². The van der Waals surface area contributed by atoms with E-state index >= 15 is 0 Å². The van der Waals surface area contributed by atoms with E-state index in [2.05, 4.69) is 27.8 Å². The molecule has 0 heterocycles. The SMILES string of the molecule is CCNC(=NCc1ccc(C#N)cc1)NCc1ccccc1OC(C)(C)C. The van der Waals surface area contributed by atoms with E-state index in [-0.39, 0.29) is 5.60 Å². The van der Waals surface area contributed by atoms with Crippen LogP contribution in [0.1, 0.15) is 44.4 Å². The van der Waals surface area contributed by atoms with E-state index in [0.717, 1.165) is 29.4 Å². The van der Waals surface area contributed by atoms with Crippen molar-refractivity contribution in [1.82, 2.24) is 10.6 Å². The van der Waals surface area contributed by atoms with Crippen molar-refractivity contribution in [2.45, 2.75) is 46.4 Å². The molecule has 0 unspecified atom stereocenters. The van der Waals surface area contributed by atoms with Crippen LogP contribution in [0.2, 0.25) is 0 Å². The molecule has 2 aromatic rings. The first-order valence-corrected chi connectivity index (χ1v) is 9.19. The smallest absolute Gasteiger partial charge is 0.191 e. The van der Waals surface area contributed by atoms with Crippen molar-refractivity contribution in [3.05, 3.63) is 65.2 Å². The molecule has 0 atom stereocenters. The van der Waals surface area contributed by atoms with Crippen LogP contribution in [0.3, 0.4) is 0 Å². The number of hydrogen-bond donors (Lipinski definition) is 2. The molecule has 0 bridgehead atoms. The third-order valence-electron chi connectivity index (χ3n) is 3.68. The molecule has 5 heteroatoms. The summed E-state index contributed by atoms with van der Waals surface area (Å²) in [6, 6.07) is 17.6. The van der Waals surface area contributed by atoms with Crippen molar-refractivity contribution in [2.75, 3.05) is 6.54 Å². The maximum Gasteiger partial charge on any atom is 0.191 e. The van der Waals surface area contributed by atoms with Crippen molar-refractivity contribution in [2.24, 2.45) is 4.99 Å². The fourth-order valence-corrected chi connectivity index (χ4v) is 2.46. The number of nitriles is 1. The van der Waals surface area contributed by atoms with Gasteiger partial charge in [-0.3, -0.25) is 0 Å². The van der Waals surface area contributed by atoms with Crippen molar-refractivity contribution < 1.29 is 4.74 Å².